The summed E-state index contributed by atoms with van der Waals surface area (Å²) in [5, 5.41) is 0. The van der Waals surface area contributed by atoms with Gasteiger partial charge in [0, 0.05) is 6.08 Å². The van der Waals surface area contributed by atoms with Gasteiger partial charge in [0.15, 0.2) is 0 Å². The summed E-state index contributed by atoms with van der Waals surface area (Å²) in [5.41, 5.74) is 2.17. The third-order valence-corrected chi connectivity index (χ3v) is 4.25. The van der Waals surface area contributed by atoms with E-state index in [9.17, 15) is 4.79 Å². The van der Waals surface area contributed by atoms with E-state index in [0.717, 1.165) is 28.7 Å². The Balaban J connectivity index is 1.62. The molecule has 0 aromatic heterocycles. The number of hydrogen-bond acceptors (Lipinski definition) is 7. The molecule has 0 heterocycles. The summed E-state index contributed by atoms with van der Waals surface area (Å²) in [6.07, 6.45) is 4.61. The number of carbonyl (C=O) groups is 1. The van der Waals surface area contributed by atoms with Gasteiger partial charge in [-0.2, -0.15) is 0 Å². The Kier molecular flexibility index (Phi) is 12.9. The largest absolute Gasteiger partial charge is 0.499 e. The average molecular weight is 457 g/mol. The van der Waals surface area contributed by atoms with Crippen molar-refractivity contribution in [3.63, 3.8) is 0 Å². The van der Waals surface area contributed by atoms with E-state index < -0.39 is 5.97 Å². The van der Waals surface area contributed by atoms with Crippen LogP contribution in [0.5, 0.6) is 11.5 Å². The van der Waals surface area contributed by atoms with Gasteiger partial charge >= 0.3 is 5.97 Å². The van der Waals surface area contributed by atoms with Crippen molar-refractivity contribution in [1.29, 1.82) is 0 Å². The van der Waals surface area contributed by atoms with E-state index in [2.05, 4.69) is 6.58 Å². The van der Waals surface area contributed by atoms with Crippen LogP contribution < -0.4 is 9.47 Å². The lowest BCUT2D eigenvalue weighted by Gasteiger charge is -2.10. The van der Waals surface area contributed by atoms with Crippen LogP contribution >= 0.6 is 0 Å². The van der Waals surface area contributed by atoms with Crippen molar-refractivity contribution in [3.05, 3.63) is 73.5 Å². The highest BCUT2D eigenvalue weighted by Crippen LogP contribution is 2.24. The fourth-order valence-corrected chi connectivity index (χ4v) is 2.66. The zero-order valence-electron chi connectivity index (χ0n) is 19.1. The maximum absolute atomic E-state index is 10.9. The molecule has 7 heteroatoms. The maximum Gasteiger partial charge on any atom is 0.330 e. The first-order valence-electron chi connectivity index (χ1n) is 10.9. The molecule has 0 radical (unpaired) electrons. The standard InChI is InChI=1S/C26H32O7/c1-3-13-28-14-15-29-16-19-31-24-9-5-22(6-10-24)23-7-11-25(12-8-23)32-20-17-30-18-21-33-26(27)4-2/h3-13H,2,14-21H2,1H3. The van der Waals surface area contributed by atoms with Gasteiger partial charge in [0.2, 0.25) is 0 Å². The molecular weight excluding hydrogens is 424 g/mol. The highest BCUT2D eigenvalue weighted by atomic mass is 16.6. The van der Waals surface area contributed by atoms with Crippen molar-refractivity contribution in [3.8, 4) is 22.6 Å². The molecule has 0 bridgehead atoms. The van der Waals surface area contributed by atoms with E-state index in [0.29, 0.717) is 46.2 Å². The lowest BCUT2D eigenvalue weighted by molar-refractivity contribution is -0.139. The lowest BCUT2D eigenvalue weighted by atomic mass is 10.1. The van der Waals surface area contributed by atoms with E-state index >= 15 is 0 Å². The summed E-state index contributed by atoms with van der Waals surface area (Å²) >= 11 is 0. The molecule has 0 amide bonds. The third kappa shape index (κ3) is 11.2. The summed E-state index contributed by atoms with van der Waals surface area (Å²) in [7, 11) is 0. The van der Waals surface area contributed by atoms with Crippen LogP contribution in [0.1, 0.15) is 6.92 Å². The average Bonchev–Trinajstić information content (AvgIpc) is 2.85. The van der Waals surface area contributed by atoms with E-state index in [1.54, 1.807) is 6.26 Å². The molecule has 7 nitrogen and oxygen atoms in total. The van der Waals surface area contributed by atoms with Gasteiger partial charge in [-0.25, -0.2) is 4.79 Å². The van der Waals surface area contributed by atoms with Gasteiger partial charge in [0.1, 0.15) is 37.9 Å². The molecule has 2 aromatic carbocycles. The summed E-state index contributed by atoms with van der Waals surface area (Å²) in [6.45, 7) is 8.63. The van der Waals surface area contributed by atoms with Crippen molar-refractivity contribution in [2.24, 2.45) is 0 Å². The molecule has 0 fully saturated rings. The van der Waals surface area contributed by atoms with Crippen LogP contribution in [0.2, 0.25) is 0 Å². The number of allylic oxidation sites excluding steroid dienone is 1. The van der Waals surface area contributed by atoms with E-state index in [1.165, 1.54) is 0 Å². The van der Waals surface area contributed by atoms with Crippen LogP contribution in [-0.4, -0.2) is 58.8 Å². The molecule has 0 saturated heterocycles. The summed E-state index contributed by atoms with van der Waals surface area (Å²) in [6, 6.07) is 15.8. The predicted molar refractivity (Wildman–Crippen MR) is 126 cm³/mol. The SMILES string of the molecule is C=CC(=O)OCCOCCOc1ccc(-c2ccc(OCCOCCOC=CC)cc2)cc1. The second-order valence-electron chi connectivity index (χ2n) is 6.68. The van der Waals surface area contributed by atoms with Crippen LogP contribution in [0.3, 0.4) is 0 Å². The van der Waals surface area contributed by atoms with Gasteiger partial charge in [-0.3, -0.25) is 0 Å². The minimum absolute atomic E-state index is 0.198. The molecule has 0 aliphatic carbocycles. The molecule has 0 N–H and O–H groups in total. The smallest absolute Gasteiger partial charge is 0.330 e. The van der Waals surface area contributed by atoms with Gasteiger partial charge in [0.25, 0.3) is 0 Å². The first-order chi connectivity index (χ1) is 16.2. The first-order valence-corrected chi connectivity index (χ1v) is 10.9. The van der Waals surface area contributed by atoms with Crippen LogP contribution in [0.25, 0.3) is 11.1 Å². The molecule has 0 saturated carbocycles. The van der Waals surface area contributed by atoms with E-state index in [4.69, 9.17) is 28.4 Å². The lowest BCUT2D eigenvalue weighted by Crippen LogP contribution is -2.12. The van der Waals surface area contributed by atoms with Crippen LogP contribution in [-0.2, 0) is 23.7 Å². The first kappa shape index (κ1) is 26.0. The van der Waals surface area contributed by atoms with Gasteiger partial charge in [-0.1, -0.05) is 36.9 Å². The topological polar surface area (TPSA) is 72.5 Å². The summed E-state index contributed by atoms with van der Waals surface area (Å²) < 4.78 is 32.2. The zero-order chi connectivity index (χ0) is 23.6. The molecule has 0 unspecified atom stereocenters. The molecule has 0 aliphatic heterocycles. The zero-order valence-corrected chi connectivity index (χ0v) is 19.1. The van der Waals surface area contributed by atoms with Gasteiger partial charge in [-0.05, 0) is 42.3 Å². The predicted octanol–water partition coefficient (Wildman–Crippen LogP) is 4.42. The van der Waals surface area contributed by atoms with Crippen molar-refractivity contribution in [2.45, 2.75) is 6.92 Å². The number of ether oxygens (including phenoxy) is 6. The molecule has 0 atom stereocenters. The van der Waals surface area contributed by atoms with E-state index in [-0.39, 0.29) is 6.61 Å². The number of esters is 1. The summed E-state index contributed by atoms with van der Waals surface area (Å²) in [4.78, 5) is 10.9. The molecule has 0 aliphatic rings. The van der Waals surface area contributed by atoms with Crippen molar-refractivity contribution in [1.82, 2.24) is 0 Å². The normalized spacial score (nSPS) is 10.7. The Morgan fingerprint density at radius 3 is 1.70 bits per heavy atom. The van der Waals surface area contributed by atoms with Crippen LogP contribution in [0.4, 0.5) is 0 Å². The molecular formula is C26H32O7. The van der Waals surface area contributed by atoms with Crippen molar-refractivity contribution < 1.29 is 33.2 Å². The second kappa shape index (κ2) is 16.4. The van der Waals surface area contributed by atoms with Gasteiger partial charge in [0.05, 0.1) is 32.7 Å². The minimum Gasteiger partial charge on any atom is -0.499 e. The molecule has 178 valence electrons. The fourth-order valence-electron chi connectivity index (χ4n) is 2.66. The Bertz CT molecular complexity index is 829. The monoisotopic (exact) mass is 456 g/mol. The molecule has 2 aromatic rings. The molecule has 2 rings (SSSR count). The van der Waals surface area contributed by atoms with Gasteiger partial charge < -0.3 is 28.4 Å². The number of rotatable bonds is 17. The number of carbonyl (C=O) groups excluding carboxylic acids is 1. The highest BCUT2D eigenvalue weighted by molar-refractivity contribution is 5.81. The Hall–Kier alpha value is -3.29. The number of benzene rings is 2. The summed E-state index contributed by atoms with van der Waals surface area (Å²) in [5.74, 6) is 1.10. The van der Waals surface area contributed by atoms with Crippen molar-refractivity contribution in [2.75, 3.05) is 52.9 Å². The van der Waals surface area contributed by atoms with Crippen molar-refractivity contribution >= 4 is 5.97 Å². The number of hydrogen-bond donors (Lipinski definition) is 0. The Labute approximate surface area is 195 Å². The van der Waals surface area contributed by atoms with Crippen LogP contribution in [0, 0.1) is 0 Å². The highest BCUT2D eigenvalue weighted by Gasteiger charge is 2.01. The maximum atomic E-state index is 10.9. The Morgan fingerprint density at radius 1 is 0.727 bits per heavy atom. The van der Waals surface area contributed by atoms with E-state index in [1.807, 2.05) is 61.5 Å². The minimum atomic E-state index is -0.454. The Morgan fingerprint density at radius 2 is 1.21 bits per heavy atom. The quantitative estimate of drug-likeness (QED) is 0.151. The molecule has 33 heavy (non-hydrogen) atoms. The fraction of sp³-hybridized carbons (Fsp3) is 0.346. The molecule has 0 spiro atoms. The third-order valence-electron chi connectivity index (χ3n) is 4.25. The second-order valence-corrected chi connectivity index (χ2v) is 6.68. The van der Waals surface area contributed by atoms with Crippen LogP contribution in [0.15, 0.2) is 73.5 Å². The van der Waals surface area contributed by atoms with Gasteiger partial charge in [-0.15, -0.1) is 0 Å².